The topological polar surface area (TPSA) is 279 Å². The molecule has 0 bridgehead atoms. The van der Waals surface area contributed by atoms with Gasteiger partial charge in [0.05, 0.1) is 0 Å². The first-order chi connectivity index (χ1) is 14.2. The number of imidazole rings is 1. The first kappa shape index (κ1) is 23.7. The van der Waals surface area contributed by atoms with Crippen molar-refractivity contribution in [3.05, 3.63) is 24.2 Å². The minimum absolute atomic E-state index is 0.0290. The molecule has 1 aliphatic rings. The zero-order valence-corrected chi connectivity index (χ0v) is 17.4. The highest BCUT2D eigenvalue weighted by Gasteiger charge is 2.43. The van der Waals surface area contributed by atoms with Crippen LogP contribution in [-0.2, 0) is 31.6 Å². The van der Waals surface area contributed by atoms with Crippen LogP contribution >= 0.6 is 23.5 Å². The van der Waals surface area contributed by atoms with E-state index >= 15 is 0 Å². The third-order valence-electron chi connectivity index (χ3n) is 3.53. The maximum Gasteiger partial charge on any atom is 0.490 e. The molecule has 2 aromatic rings. The molecule has 2 aromatic heterocycles. The van der Waals surface area contributed by atoms with Gasteiger partial charge in [0.2, 0.25) is 6.23 Å². The molecule has 0 saturated heterocycles. The van der Waals surface area contributed by atoms with Gasteiger partial charge in [-0.15, -0.1) is 0 Å². The summed E-state index contributed by atoms with van der Waals surface area (Å²) in [5.74, 6) is -1.38. The first-order valence-electron chi connectivity index (χ1n) is 7.67. The maximum absolute atomic E-state index is 11.8. The van der Waals surface area contributed by atoms with E-state index in [4.69, 9.17) is 25.2 Å². The Kier molecular flexibility index (Phi) is 6.27. The number of hydrogen-bond donors (Lipinski definition) is 7. The number of nitrogens with two attached hydrogens (primary N) is 1. The molecule has 18 nitrogen and oxygen atoms in total. The number of nitrogen functional groups attached to an aromatic ring is 1. The minimum Gasteiger partial charge on any atom is -0.506 e. The lowest BCUT2D eigenvalue weighted by molar-refractivity contribution is -0.0119. The van der Waals surface area contributed by atoms with Crippen LogP contribution in [0.5, 0.6) is 0 Å². The van der Waals surface area contributed by atoms with Gasteiger partial charge in [0.15, 0.2) is 29.1 Å². The summed E-state index contributed by atoms with van der Waals surface area (Å²) in [6, 6.07) is 0. The number of hydrogen-bond acceptors (Lipinski definition) is 13. The van der Waals surface area contributed by atoms with Crippen molar-refractivity contribution in [2.45, 2.75) is 12.3 Å². The quantitative estimate of drug-likeness (QED) is 0.221. The van der Waals surface area contributed by atoms with Gasteiger partial charge in [0.1, 0.15) is 24.8 Å². The van der Waals surface area contributed by atoms with E-state index in [0.29, 0.717) is 0 Å². The highest BCUT2D eigenvalue weighted by atomic mass is 31.3. The number of phosphoric ester groups is 1. The van der Waals surface area contributed by atoms with Gasteiger partial charge < -0.3 is 40.3 Å². The van der Waals surface area contributed by atoms with E-state index in [2.05, 4.69) is 28.1 Å². The van der Waals surface area contributed by atoms with E-state index in [1.165, 1.54) is 10.9 Å². The molecular formula is C10H14N5O13P3. The SMILES string of the molecule is Nc1ncnc2c1ncn2[C@@H]1OC(COP(=O)(O)OP(=O)(O)OP(=O)(O)O)=C(O)C1O. The summed E-state index contributed by atoms with van der Waals surface area (Å²) in [5.41, 5.74) is 5.95. The van der Waals surface area contributed by atoms with Gasteiger partial charge in [0, 0.05) is 0 Å². The molecule has 4 atom stereocenters. The number of aliphatic hydroxyl groups is 2. The molecule has 0 amide bonds. The fraction of sp³-hybridized carbons (Fsp3) is 0.300. The molecule has 0 radical (unpaired) electrons. The van der Waals surface area contributed by atoms with Crippen LogP contribution < -0.4 is 5.73 Å². The van der Waals surface area contributed by atoms with Crippen molar-refractivity contribution in [3.63, 3.8) is 0 Å². The summed E-state index contributed by atoms with van der Waals surface area (Å²) < 4.78 is 51.6. The van der Waals surface area contributed by atoms with E-state index in [1.807, 2.05) is 0 Å². The standard InChI is InChI=1S/C10H14N5O13P3/c11-8-5-9(13-2-12-8)15(3-14-5)10-7(17)6(16)4(26-10)1-25-30(21,22)28-31(23,24)27-29(18,19)20/h2-3,7,10,16-17H,1H2,(H,21,22)(H,23,24)(H2,11,12,13)(H2,18,19,20)/t7?,10-/m1/s1. The number of ether oxygens (including phenoxy) is 1. The Labute approximate surface area is 171 Å². The summed E-state index contributed by atoms with van der Waals surface area (Å²) in [4.78, 5) is 47.1. The second-order valence-corrected chi connectivity index (χ2v) is 10.1. The van der Waals surface area contributed by atoms with Gasteiger partial charge in [-0.05, 0) is 0 Å². The molecule has 0 fully saturated rings. The first-order valence-corrected chi connectivity index (χ1v) is 12.2. The lowest BCUT2D eigenvalue weighted by Gasteiger charge is -2.18. The van der Waals surface area contributed by atoms with Crippen molar-refractivity contribution < 1.29 is 61.4 Å². The normalized spacial score (nSPS) is 23.5. The molecule has 3 rings (SSSR count). The number of phosphoric acid groups is 3. The monoisotopic (exact) mass is 505 g/mol. The van der Waals surface area contributed by atoms with E-state index < -0.39 is 53.9 Å². The molecule has 31 heavy (non-hydrogen) atoms. The molecule has 0 spiro atoms. The Morgan fingerprint density at radius 3 is 2.42 bits per heavy atom. The van der Waals surface area contributed by atoms with Crippen molar-refractivity contribution in [3.8, 4) is 0 Å². The number of aliphatic hydroxyl groups excluding tert-OH is 2. The highest BCUT2D eigenvalue weighted by molar-refractivity contribution is 7.66. The predicted molar refractivity (Wildman–Crippen MR) is 95.3 cm³/mol. The van der Waals surface area contributed by atoms with Crippen molar-refractivity contribution >= 4 is 40.4 Å². The molecule has 3 heterocycles. The third kappa shape index (κ3) is 5.46. The molecule has 8 N–H and O–H groups in total. The van der Waals surface area contributed by atoms with Crippen LogP contribution in [-0.4, -0.2) is 62.0 Å². The van der Waals surface area contributed by atoms with Crippen LogP contribution in [0.25, 0.3) is 11.2 Å². The summed E-state index contributed by atoms with van der Waals surface area (Å²) >= 11 is 0. The fourth-order valence-corrected chi connectivity index (χ4v) is 5.36. The lowest BCUT2D eigenvalue weighted by atomic mass is 10.2. The zero-order chi connectivity index (χ0) is 23.2. The number of fused-ring (bicyclic) bond motifs is 1. The van der Waals surface area contributed by atoms with E-state index in [9.17, 15) is 28.8 Å². The van der Waals surface area contributed by atoms with Crippen LogP contribution in [0, 0.1) is 0 Å². The van der Waals surface area contributed by atoms with Crippen molar-refractivity contribution in [2.24, 2.45) is 0 Å². The van der Waals surface area contributed by atoms with Gasteiger partial charge in [-0.1, -0.05) is 0 Å². The summed E-state index contributed by atoms with van der Waals surface area (Å²) in [6.45, 7) is -1.08. The molecular weight excluding hydrogens is 491 g/mol. The summed E-state index contributed by atoms with van der Waals surface area (Å²) in [6.07, 6.45) is -0.796. The summed E-state index contributed by atoms with van der Waals surface area (Å²) in [5, 5.41) is 20.2. The number of nitrogens with zero attached hydrogens (tertiary/aromatic N) is 4. The number of aromatic nitrogens is 4. The van der Waals surface area contributed by atoms with Crippen LogP contribution in [0.15, 0.2) is 24.2 Å². The molecule has 172 valence electrons. The van der Waals surface area contributed by atoms with Crippen molar-refractivity contribution in [1.29, 1.82) is 0 Å². The van der Waals surface area contributed by atoms with Gasteiger partial charge in [0.25, 0.3) is 0 Å². The van der Waals surface area contributed by atoms with Gasteiger partial charge in [-0.2, -0.15) is 8.62 Å². The second-order valence-electron chi connectivity index (χ2n) is 5.71. The molecule has 0 aliphatic carbocycles. The van der Waals surface area contributed by atoms with Gasteiger partial charge in [-0.25, -0.2) is 28.6 Å². The molecule has 0 saturated carbocycles. The zero-order valence-electron chi connectivity index (χ0n) is 14.8. The fourth-order valence-electron chi connectivity index (χ4n) is 2.39. The molecule has 3 unspecified atom stereocenters. The Bertz CT molecular complexity index is 1180. The van der Waals surface area contributed by atoms with Crippen LogP contribution in [0.3, 0.4) is 0 Å². The largest absolute Gasteiger partial charge is 0.506 e. The van der Waals surface area contributed by atoms with Crippen molar-refractivity contribution in [2.75, 3.05) is 12.3 Å². The third-order valence-corrected chi connectivity index (χ3v) is 7.32. The molecule has 0 aromatic carbocycles. The van der Waals surface area contributed by atoms with Gasteiger partial charge in [-0.3, -0.25) is 9.09 Å². The Balaban J connectivity index is 1.71. The van der Waals surface area contributed by atoms with E-state index in [0.717, 1.165) is 6.33 Å². The Hall–Kier alpha value is -1.94. The Morgan fingerprint density at radius 2 is 1.77 bits per heavy atom. The smallest absolute Gasteiger partial charge is 0.490 e. The summed E-state index contributed by atoms with van der Waals surface area (Å²) in [7, 11) is -16.7. The predicted octanol–water partition coefficient (Wildman–Crippen LogP) is -0.589. The van der Waals surface area contributed by atoms with E-state index in [1.54, 1.807) is 0 Å². The average molecular weight is 505 g/mol. The second kappa shape index (κ2) is 8.20. The van der Waals surface area contributed by atoms with Gasteiger partial charge >= 0.3 is 23.5 Å². The average Bonchev–Trinajstić information content (AvgIpc) is 3.13. The van der Waals surface area contributed by atoms with E-state index in [-0.39, 0.29) is 17.0 Å². The Morgan fingerprint density at radius 1 is 1.10 bits per heavy atom. The maximum atomic E-state index is 11.8. The highest BCUT2D eigenvalue weighted by Crippen LogP contribution is 2.66. The molecule has 1 aliphatic heterocycles. The lowest BCUT2D eigenvalue weighted by Crippen LogP contribution is -2.22. The minimum atomic E-state index is -5.72. The molecule has 21 heteroatoms. The van der Waals surface area contributed by atoms with Crippen LogP contribution in [0.2, 0.25) is 0 Å². The number of rotatable bonds is 8. The number of anilines is 1. The van der Waals surface area contributed by atoms with Crippen LogP contribution in [0.4, 0.5) is 5.82 Å². The van der Waals surface area contributed by atoms with Crippen LogP contribution in [0.1, 0.15) is 6.23 Å². The van der Waals surface area contributed by atoms with Crippen molar-refractivity contribution in [1.82, 2.24) is 19.5 Å².